The van der Waals surface area contributed by atoms with Crippen LogP contribution in [0.1, 0.15) is 31.1 Å². The van der Waals surface area contributed by atoms with E-state index in [-0.39, 0.29) is 12.1 Å². The van der Waals surface area contributed by atoms with Gasteiger partial charge in [0.1, 0.15) is 17.5 Å². The quantitative estimate of drug-likeness (QED) is 0.482. The first-order valence-electron chi connectivity index (χ1n) is 5.43. The molecule has 1 unspecified atom stereocenters. The molecule has 1 aromatic carbocycles. The van der Waals surface area contributed by atoms with Crippen LogP contribution in [0.25, 0.3) is 0 Å². The van der Waals surface area contributed by atoms with Crippen molar-refractivity contribution in [1.82, 2.24) is 0 Å². The molecule has 1 aromatic rings. The molecule has 0 saturated heterocycles. The summed E-state index contributed by atoms with van der Waals surface area (Å²) in [6.07, 6.45) is -2.69. The Morgan fingerprint density at radius 2 is 1.47 bits per heavy atom. The lowest BCUT2D eigenvalue weighted by Gasteiger charge is -2.19. The van der Waals surface area contributed by atoms with E-state index in [9.17, 15) is 27.2 Å². The van der Waals surface area contributed by atoms with Gasteiger partial charge in [-0.25, -0.2) is 17.6 Å². The molecule has 0 aliphatic heterocycles. The topological polar surface area (TPSA) is 34.1 Å². The molecule has 0 aromatic heterocycles. The Morgan fingerprint density at radius 1 is 1.05 bits per heavy atom. The second kappa shape index (κ2) is 5.11. The second-order valence-corrected chi connectivity index (χ2v) is 5.09. The summed E-state index contributed by atoms with van der Waals surface area (Å²) in [4.78, 5) is 23.1. The van der Waals surface area contributed by atoms with Gasteiger partial charge in [0.25, 0.3) is 0 Å². The van der Waals surface area contributed by atoms with Crippen molar-refractivity contribution in [3.8, 4) is 0 Å². The number of benzene rings is 1. The van der Waals surface area contributed by atoms with Crippen LogP contribution in [0.3, 0.4) is 0 Å². The molecule has 0 bridgehead atoms. The predicted molar refractivity (Wildman–Crippen MR) is 60.0 cm³/mol. The molecule has 0 heterocycles. The summed E-state index contributed by atoms with van der Waals surface area (Å²) >= 11 is 0. The Hall–Kier alpha value is -1.72. The van der Waals surface area contributed by atoms with E-state index in [0.717, 1.165) is 0 Å². The Kier molecular flexibility index (Phi) is 4.12. The monoisotopic (exact) mass is 276 g/mol. The van der Waals surface area contributed by atoms with Gasteiger partial charge in [-0.3, -0.25) is 9.59 Å². The summed E-state index contributed by atoms with van der Waals surface area (Å²) in [5, 5.41) is 0. The minimum atomic E-state index is -2.69. The van der Waals surface area contributed by atoms with Crippen molar-refractivity contribution in [3.05, 3.63) is 35.1 Å². The molecule has 19 heavy (non-hydrogen) atoms. The number of hydrogen-bond donors (Lipinski definition) is 0. The number of Topliss-reactive ketones (excluding diaryl/α,β-unsaturated/α-hetero) is 2. The molecule has 0 amide bonds. The molecular weight excluding hydrogens is 264 g/mol. The first-order valence-corrected chi connectivity index (χ1v) is 5.43. The van der Waals surface area contributed by atoms with Gasteiger partial charge in [0.05, 0.1) is 5.56 Å². The molecule has 0 aliphatic rings. The van der Waals surface area contributed by atoms with Crippen molar-refractivity contribution in [2.24, 2.45) is 5.41 Å². The van der Waals surface area contributed by atoms with Gasteiger partial charge in [0.15, 0.2) is 5.78 Å². The Balaban J connectivity index is 3.19. The zero-order valence-electron chi connectivity index (χ0n) is 10.6. The molecular formula is C13H12F4O2. The predicted octanol–water partition coefficient (Wildman–Crippen LogP) is 3.24. The third kappa shape index (κ3) is 3.19. The molecule has 1 atom stereocenters. The molecule has 6 heteroatoms. The summed E-state index contributed by atoms with van der Waals surface area (Å²) in [5.74, 6) is -7.04. The summed E-state index contributed by atoms with van der Waals surface area (Å²) < 4.78 is 53.0. The van der Waals surface area contributed by atoms with Crippen LogP contribution in [-0.4, -0.2) is 17.7 Å². The number of rotatable bonds is 3. The first-order chi connectivity index (χ1) is 8.55. The fourth-order valence-corrected chi connectivity index (χ4v) is 1.40. The van der Waals surface area contributed by atoms with Gasteiger partial charge < -0.3 is 0 Å². The lowest BCUT2D eigenvalue weighted by molar-refractivity contribution is -0.129. The SMILES string of the molecule is CC(C)(C)C(=O)C(F)C(=O)c1c(F)cc(F)cc1F. The maximum Gasteiger partial charge on any atom is 0.221 e. The Labute approximate surface area is 107 Å². The zero-order chi connectivity index (χ0) is 15.0. The molecule has 0 saturated carbocycles. The number of alkyl halides is 1. The molecule has 0 radical (unpaired) electrons. The number of carbonyl (C=O) groups excluding carboxylic acids is 2. The smallest absolute Gasteiger partial charge is 0.221 e. The summed E-state index contributed by atoms with van der Waals surface area (Å²) in [7, 11) is 0. The van der Waals surface area contributed by atoms with E-state index in [1.165, 1.54) is 20.8 Å². The van der Waals surface area contributed by atoms with Crippen LogP contribution in [0.2, 0.25) is 0 Å². The van der Waals surface area contributed by atoms with Crippen LogP contribution < -0.4 is 0 Å². The van der Waals surface area contributed by atoms with Crippen molar-refractivity contribution in [3.63, 3.8) is 0 Å². The van der Waals surface area contributed by atoms with E-state index in [2.05, 4.69) is 0 Å². The lowest BCUT2D eigenvalue weighted by atomic mass is 9.85. The Bertz CT molecular complexity index is 509. The van der Waals surface area contributed by atoms with Gasteiger partial charge in [-0.15, -0.1) is 0 Å². The van der Waals surface area contributed by atoms with Crippen LogP contribution in [0.5, 0.6) is 0 Å². The summed E-state index contributed by atoms with van der Waals surface area (Å²) in [6, 6.07) is 0.509. The highest BCUT2D eigenvalue weighted by Crippen LogP contribution is 2.23. The molecule has 1 rings (SSSR count). The Morgan fingerprint density at radius 3 is 1.84 bits per heavy atom. The minimum Gasteiger partial charge on any atom is -0.295 e. The largest absolute Gasteiger partial charge is 0.295 e. The van der Waals surface area contributed by atoms with E-state index in [1.807, 2.05) is 0 Å². The van der Waals surface area contributed by atoms with E-state index in [0.29, 0.717) is 0 Å². The van der Waals surface area contributed by atoms with Gasteiger partial charge in [-0.05, 0) is 0 Å². The molecule has 0 N–H and O–H groups in total. The second-order valence-electron chi connectivity index (χ2n) is 5.09. The lowest BCUT2D eigenvalue weighted by Crippen LogP contribution is -2.36. The van der Waals surface area contributed by atoms with E-state index >= 15 is 0 Å². The average molecular weight is 276 g/mol. The number of carbonyl (C=O) groups is 2. The maximum absolute atomic E-state index is 13.7. The third-order valence-corrected chi connectivity index (χ3v) is 2.45. The van der Waals surface area contributed by atoms with E-state index < -0.39 is 46.2 Å². The summed E-state index contributed by atoms with van der Waals surface area (Å²) in [5.41, 5.74) is -2.42. The van der Waals surface area contributed by atoms with Crippen LogP contribution >= 0.6 is 0 Å². The highest BCUT2D eigenvalue weighted by Gasteiger charge is 2.37. The van der Waals surface area contributed by atoms with Gasteiger partial charge >= 0.3 is 0 Å². The highest BCUT2D eigenvalue weighted by atomic mass is 19.2. The molecule has 0 aliphatic carbocycles. The molecule has 0 spiro atoms. The number of halogens is 4. The van der Waals surface area contributed by atoms with Crippen LogP contribution in [0, 0.1) is 22.9 Å². The molecule has 0 fully saturated rings. The number of ketones is 2. The number of hydrogen-bond acceptors (Lipinski definition) is 2. The zero-order valence-corrected chi connectivity index (χ0v) is 10.6. The first kappa shape index (κ1) is 15.3. The van der Waals surface area contributed by atoms with Crippen molar-refractivity contribution in [2.75, 3.05) is 0 Å². The third-order valence-electron chi connectivity index (χ3n) is 2.45. The van der Waals surface area contributed by atoms with Gasteiger partial charge in [0, 0.05) is 17.5 Å². The van der Waals surface area contributed by atoms with Crippen molar-refractivity contribution < 1.29 is 27.2 Å². The van der Waals surface area contributed by atoms with Crippen molar-refractivity contribution in [2.45, 2.75) is 26.9 Å². The standard InChI is InChI=1S/C13H12F4O2/c1-13(2,3)12(19)10(17)11(18)9-7(15)4-6(14)5-8(9)16/h4-5,10H,1-3H3. The normalized spacial score (nSPS) is 13.2. The van der Waals surface area contributed by atoms with Gasteiger partial charge in [-0.1, -0.05) is 20.8 Å². The van der Waals surface area contributed by atoms with E-state index in [4.69, 9.17) is 0 Å². The fraction of sp³-hybridized carbons (Fsp3) is 0.385. The maximum atomic E-state index is 13.7. The highest BCUT2D eigenvalue weighted by molar-refractivity contribution is 6.14. The van der Waals surface area contributed by atoms with Gasteiger partial charge in [-0.2, -0.15) is 0 Å². The van der Waals surface area contributed by atoms with Crippen LogP contribution in [-0.2, 0) is 4.79 Å². The molecule has 2 nitrogen and oxygen atoms in total. The molecule has 104 valence electrons. The van der Waals surface area contributed by atoms with Crippen LogP contribution in [0.4, 0.5) is 17.6 Å². The minimum absolute atomic E-state index is 0.255. The van der Waals surface area contributed by atoms with Crippen molar-refractivity contribution in [1.29, 1.82) is 0 Å². The van der Waals surface area contributed by atoms with Crippen molar-refractivity contribution >= 4 is 11.6 Å². The summed E-state index contributed by atoms with van der Waals surface area (Å²) in [6.45, 7) is 4.10. The van der Waals surface area contributed by atoms with Crippen LogP contribution in [0.15, 0.2) is 12.1 Å². The average Bonchev–Trinajstić information content (AvgIpc) is 2.24. The van der Waals surface area contributed by atoms with E-state index in [1.54, 1.807) is 0 Å². The fourth-order valence-electron chi connectivity index (χ4n) is 1.40. The van der Waals surface area contributed by atoms with Gasteiger partial charge in [0.2, 0.25) is 12.0 Å².